The van der Waals surface area contributed by atoms with Crippen molar-refractivity contribution in [2.45, 2.75) is 96.0 Å². The van der Waals surface area contributed by atoms with Crippen molar-refractivity contribution in [3.8, 4) is 0 Å². The maximum Gasteiger partial charge on any atom is 0.236 e. The second kappa shape index (κ2) is 11.8. The summed E-state index contributed by atoms with van der Waals surface area (Å²) >= 11 is 13.2. The molecule has 3 fully saturated rings. The Morgan fingerprint density at radius 1 is 1.02 bits per heavy atom. The van der Waals surface area contributed by atoms with Gasteiger partial charge in [-0.05, 0) is 103 Å². The number of ether oxygens (including phenoxy) is 1. The zero-order valence-corrected chi connectivity index (χ0v) is 27.4. The summed E-state index contributed by atoms with van der Waals surface area (Å²) in [7, 11) is 0. The fraction of sp³-hybridized carbons (Fsp3) is 0.583. The van der Waals surface area contributed by atoms with E-state index in [1.54, 1.807) is 6.07 Å². The standard InChI is InChI=1S/C36H43Cl2NO5/c1-4-30(41)22-14-23(16-25(38)15-22)32-27(31(42)13-21-5-7-26(19-40)44-20-21)18-35(11-9-34(2,3)10-12-35)36(32)28-8-6-24(37)17-29(28)39-33(36)43/h6,8,14-17,21,26-27,32,40H,4-5,7,9-13,18-20H2,1-3H3,(H,39,43)/t21-,26-,27-,32-,36+/m0/s1. The highest BCUT2D eigenvalue weighted by atomic mass is 35.5. The lowest BCUT2D eigenvalue weighted by Gasteiger charge is -2.51. The number of amides is 1. The first-order valence-corrected chi connectivity index (χ1v) is 16.9. The smallest absolute Gasteiger partial charge is 0.236 e. The van der Waals surface area contributed by atoms with Gasteiger partial charge in [-0.25, -0.2) is 0 Å². The van der Waals surface area contributed by atoms with E-state index in [4.69, 9.17) is 27.9 Å². The quantitative estimate of drug-likeness (QED) is 0.300. The van der Waals surface area contributed by atoms with Crippen LogP contribution in [0.3, 0.4) is 0 Å². The average Bonchev–Trinajstić information content (AvgIpc) is 3.46. The lowest BCUT2D eigenvalue weighted by atomic mass is 9.51. The molecule has 0 bridgehead atoms. The maximum absolute atomic E-state index is 14.8. The Labute approximate surface area is 270 Å². The SMILES string of the molecule is CCC(=O)c1cc(Cl)cc([C@H]2[C@H](C(=O)C[C@@H]3CC[C@@H](CO)OC3)CC3(CCC(C)(C)CC3)[C@@]23C(=O)Nc2cc(Cl)ccc23)c1. The number of halogens is 2. The van der Waals surface area contributed by atoms with Crippen LogP contribution in [0.2, 0.25) is 10.0 Å². The van der Waals surface area contributed by atoms with Gasteiger partial charge in [0.15, 0.2) is 5.78 Å². The van der Waals surface area contributed by atoms with Crippen molar-refractivity contribution in [2.75, 3.05) is 18.5 Å². The molecule has 0 unspecified atom stereocenters. The van der Waals surface area contributed by atoms with Gasteiger partial charge >= 0.3 is 0 Å². The highest BCUT2D eigenvalue weighted by Gasteiger charge is 2.72. The van der Waals surface area contributed by atoms with E-state index in [9.17, 15) is 19.5 Å². The molecule has 0 radical (unpaired) electrons. The van der Waals surface area contributed by atoms with E-state index in [1.165, 1.54) is 0 Å². The van der Waals surface area contributed by atoms with Crippen LogP contribution in [0.25, 0.3) is 0 Å². The molecule has 236 valence electrons. The minimum Gasteiger partial charge on any atom is -0.394 e. The third kappa shape index (κ3) is 5.24. The Balaban J connectivity index is 1.53. The Hall–Kier alpha value is -2.25. The molecular weight excluding hydrogens is 597 g/mol. The number of hydrogen-bond donors (Lipinski definition) is 2. The summed E-state index contributed by atoms with van der Waals surface area (Å²) < 4.78 is 5.85. The molecule has 2 heterocycles. The summed E-state index contributed by atoms with van der Waals surface area (Å²) in [5.41, 5.74) is 1.53. The van der Waals surface area contributed by atoms with Crippen molar-refractivity contribution in [3.05, 3.63) is 63.1 Å². The van der Waals surface area contributed by atoms with Crippen molar-refractivity contribution in [3.63, 3.8) is 0 Å². The van der Waals surface area contributed by atoms with E-state index < -0.39 is 22.7 Å². The second-order valence-corrected chi connectivity index (χ2v) is 15.4. The Bertz CT molecular complexity index is 1470. The normalized spacial score (nSPS) is 30.4. The van der Waals surface area contributed by atoms with Crippen LogP contribution in [-0.2, 0) is 19.7 Å². The van der Waals surface area contributed by atoms with Crippen molar-refractivity contribution in [1.29, 1.82) is 0 Å². The van der Waals surface area contributed by atoms with Gasteiger partial charge in [0.2, 0.25) is 5.91 Å². The number of aliphatic hydroxyl groups excluding tert-OH is 1. The van der Waals surface area contributed by atoms with Crippen molar-refractivity contribution in [1.82, 2.24) is 0 Å². The molecule has 2 aliphatic carbocycles. The maximum atomic E-state index is 14.8. The molecular formula is C36H43Cl2NO5. The molecule has 6 nitrogen and oxygen atoms in total. The number of carbonyl (C=O) groups excluding carboxylic acids is 3. The number of carbonyl (C=O) groups is 3. The van der Waals surface area contributed by atoms with Crippen molar-refractivity contribution >= 4 is 46.4 Å². The lowest BCUT2D eigenvalue weighted by Crippen LogP contribution is -2.52. The molecule has 4 aliphatic rings. The molecule has 6 rings (SSSR count). The fourth-order valence-electron chi connectivity index (χ4n) is 9.02. The summed E-state index contributed by atoms with van der Waals surface area (Å²) in [6.45, 7) is 6.81. The highest BCUT2D eigenvalue weighted by Crippen LogP contribution is 2.72. The molecule has 2 aliphatic heterocycles. The second-order valence-electron chi connectivity index (χ2n) is 14.5. The van der Waals surface area contributed by atoms with Crippen molar-refractivity contribution < 1.29 is 24.2 Å². The molecule has 5 atom stereocenters. The van der Waals surface area contributed by atoms with Gasteiger partial charge in [0, 0.05) is 46.0 Å². The fourth-order valence-corrected chi connectivity index (χ4v) is 9.43. The zero-order chi connectivity index (χ0) is 31.4. The van der Waals surface area contributed by atoms with Gasteiger partial charge in [0.05, 0.1) is 24.7 Å². The molecule has 2 aromatic rings. The summed E-state index contributed by atoms with van der Waals surface area (Å²) in [5, 5.41) is 13.7. The lowest BCUT2D eigenvalue weighted by molar-refractivity contribution is -0.127. The van der Waals surface area contributed by atoms with Crippen molar-refractivity contribution in [2.24, 2.45) is 22.7 Å². The zero-order valence-electron chi connectivity index (χ0n) is 25.9. The van der Waals surface area contributed by atoms with Crippen LogP contribution in [0.15, 0.2) is 36.4 Å². The van der Waals surface area contributed by atoms with Gasteiger partial charge in [0.25, 0.3) is 0 Å². The molecule has 2 N–H and O–H groups in total. The van der Waals surface area contributed by atoms with E-state index in [2.05, 4.69) is 19.2 Å². The number of nitrogens with one attached hydrogen (secondary N) is 1. The molecule has 2 aromatic carbocycles. The Morgan fingerprint density at radius 2 is 1.77 bits per heavy atom. The molecule has 0 aromatic heterocycles. The first kappa shape index (κ1) is 31.7. The van der Waals surface area contributed by atoms with Gasteiger partial charge < -0.3 is 15.2 Å². The topological polar surface area (TPSA) is 92.7 Å². The van der Waals surface area contributed by atoms with Crippen LogP contribution in [-0.4, -0.2) is 41.9 Å². The molecule has 1 amide bonds. The largest absolute Gasteiger partial charge is 0.394 e. The van der Waals surface area contributed by atoms with E-state index in [1.807, 2.05) is 37.3 Å². The molecule has 2 saturated carbocycles. The number of hydrogen-bond acceptors (Lipinski definition) is 5. The number of rotatable bonds is 7. The van der Waals surface area contributed by atoms with Crippen LogP contribution < -0.4 is 5.32 Å². The first-order valence-electron chi connectivity index (χ1n) is 16.1. The van der Waals surface area contributed by atoms with Crippen LogP contribution in [0.4, 0.5) is 5.69 Å². The van der Waals surface area contributed by atoms with Crippen LogP contribution in [0, 0.1) is 22.7 Å². The summed E-state index contributed by atoms with van der Waals surface area (Å²) in [6.07, 6.45) is 6.18. The van der Waals surface area contributed by atoms with E-state index >= 15 is 0 Å². The monoisotopic (exact) mass is 639 g/mol. The summed E-state index contributed by atoms with van der Waals surface area (Å²) in [4.78, 5) is 42.4. The number of fused-ring (bicyclic) bond motifs is 3. The van der Waals surface area contributed by atoms with Gasteiger partial charge in [0.1, 0.15) is 5.78 Å². The number of ketones is 2. The number of Topliss-reactive ketones (excluding diaryl/α,β-unsaturated/α-hetero) is 2. The average molecular weight is 641 g/mol. The summed E-state index contributed by atoms with van der Waals surface area (Å²) in [6, 6.07) is 11.1. The third-order valence-electron chi connectivity index (χ3n) is 11.4. The molecule has 2 spiro atoms. The number of benzene rings is 2. The predicted octanol–water partition coefficient (Wildman–Crippen LogP) is 7.91. The van der Waals surface area contributed by atoms with E-state index in [-0.39, 0.29) is 41.5 Å². The van der Waals surface area contributed by atoms with Crippen LogP contribution in [0.5, 0.6) is 0 Å². The number of aliphatic hydroxyl groups is 1. The van der Waals surface area contributed by atoms with Gasteiger partial charge in [-0.2, -0.15) is 0 Å². The summed E-state index contributed by atoms with van der Waals surface area (Å²) in [5.74, 6) is -0.879. The third-order valence-corrected chi connectivity index (χ3v) is 11.8. The molecule has 44 heavy (non-hydrogen) atoms. The number of anilines is 1. The predicted molar refractivity (Wildman–Crippen MR) is 173 cm³/mol. The Kier molecular flexibility index (Phi) is 8.53. The Morgan fingerprint density at radius 3 is 2.43 bits per heavy atom. The molecule has 8 heteroatoms. The highest BCUT2D eigenvalue weighted by molar-refractivity contribution is 6.31. The van der Waals surface area contributed by atoms with Crippen LogP contribution >= 0.6 is 23.2 Å². The van der Waals surface area contributed by atoms with E-state index in [0.717, 1.165) is 49.7 Å². The minimum absolute atomic E-state index is 0.0150. The van der Waals surface area contributed by atoms with Gasteiger partial charge in [-0.15, -0.1) is 0 Å². The first-order chi connectivity index (χ1) is 20.9. The van der Waals surface area contributed by atoms with E-state index in [0.29, 0.717) is 47.2 Å². The van der Waals surface area contributed by atoms with Gasteiger partial charge in [-0.1, -0.05) is 50.0 Å². The minimum atomic E-state index is -1.02. The van der Waals surface area contributed by atoms with Crippen LogP contribution in [0.1, 0.15) is 106 Å². The molecule has 1 saturated heterocycles. The van der Waals surface area contributed by atoms with Gasteiger partial charge in [-0.3, -0.25) is 14.4 Å².